The zero-order chi connectivity index (χ0) is 20.5. The first-order chi connectivity index (χ1) is 13.2. The van der Waals surface area contributed by atoms with Crippen molar-refractivity contribution < 1.29 is 27.1 Å². The number of halogens is 1. The van der Waals surface area contributed by atoms with Crippen molar-refractivity contribution in [1.82, 2.24) is 0 Å². The van der Waals surface area contributed by atoms with Crippen LogP contribution in [-0.4, -0.2) is 32.1 Å². The molecule has 0 saturated heterocycles. The van der Waals surface area contributed by atoms with E-state index >= 15 is 0 Å². The van der Waals surface area contributed by atoms with Crippen LogP contribution in [0.5, 0.6) is 5.75 Å². The van der Waals surface area contributed by atoms with Crippen molar-refractivity contribution in [2.24, 2.45) is 0 Å². The normalized spacial score (nSPS) is 14.5. The lowest BCUT2D eigenvalue weighted by Crippen LogP contribution is -2.27. The van der Waals surface area contributed by atoms with Crippen LogP contribution in [0.1, 0.15) is 18.9 Å². The van der Waals surface area contributed by atoms with Gasteiger partial charge in [-0.3, -0.25) is 9.59 Å². The predicted molar refractivity (Wildman–Crippen MR) is 102 cm³/mol. The lowest BCUT2D eigenvalue weighted by molar-refractivity contribution is -0.118. The summed E-state index contributed by atoms with van der Waals surface area (Å²) in [5.41, 5.74) is 1.23. The largest absolute Gasteiger partial charge is 0.482 e. The summed E-state index contributed by atoms with van der Waals surface area (Å²) in [7, 11) is -3.82. The molecule has 148 valence electrons. The lowest BCUT2D eigenvalue weighted by Gasteiger charge is -2.21. The fourth-order valence-electron chi connectivity index (χ4n) is 2.86. The summed E-state index contributed by atoms with van der Waals surface area (Å²) >= 11 is 0. The number of ether oxygens (including phenoxy) is 1. The summed E-state index contributed by atoms with van der Waals surface area (Å²) in [5.74, 6) is -0.975. The van der Waals surface area contributed by atoms with Gasteiger partial charge in [-0.15, -0.1) is 0 Å². The molecule has 2 aromatic rings. The van der Waals surface area contributed by atoms with Gasteiger partial charge in [0.25, 0.3) is 5.91 Å². The number of carbonyl (C=O) groups excluding carboxylic acids is 2. The Morgan fingerprint density at radius 3 is 2.64 bits per heavy atom. The Balaban J connectivity index is 1.77. The number of aryl methyl sites for hydroxylation is 1. The van der Waals surface area contributed by atoms with Crippen molar-refractivity contribution in [2.45, 2.75) is 30.4 Å². The van der Waals surface area contributed by atoms with Gasteiger partial charge in [-0.25, -0.2) is 12.8 Å². The van der Waals surface area contributed by atoms with E-state index in [1.165, 1.54) is 43.3 Å². The topological polar surface area (TPSA) is 102 Å². The second-order valence-corrected chi connectivity index (χ2v) is 8.90. The predicted octanol–water partition coefficient (Wildman–Crippen LogP) is 2.66. The van der Waals surface area contributed by atoms with Crippen molar-refractivity contribution in [3.63, 3.8) is 0 Å². The van der Waals surface area contributed by atoms with E-state index in [0.717, 1.165) is 0 Å². The molecule has 1 atom stereocenters. The molecule has 0 radical (unpaired) electrons. The number of fused-ring (bicyclic) bond motifs is 1. The van der Waals surface area contributed by atoms with Crippen LogP contribution in [0.15, 0.2) is 41.3 Å². The molecule has 28 heavy (non-hydrogen) atoms. The van der Waals surface area contributed by atoms with E-state index in [2.05, 4.69) is 10.6 Å². The first-order valence-electron chi connectivity index (χ1n) is 8.53. The van der Waals surface area contributed by atoms with E-state index in [1.54, 1.807) is 6.92 Å². The number of amides is 2. The first-order valence-corrected chi connectivity index (χ1v) is 10.1. The summed E-state index contributed by atoms with van der Waals surface area (Å²) in [6.45, 7) is 2.87. The van der Waals surface area contributed by atoms with E-state index in [-0.39, 0.29) is 29.6 Å². The summed E-state index contributed by atoms with van der Waals surface area (Å²) in [6, 6.07) is 8.09. The van der Waals surface area contributed by atoms with Crippen LogP contribution in [0.25, 0.3) is 0 Å². The minimum atomic E-state index is -3.82. The molecular formula is C19H19FN2O5S. The lowest BCUT2D eigenvalue weighted by atomic mass is 10.2. The Morgan fingerprint density at radius 2 is 1.96 bits per heavy atom. The SMILES string of the molecule is Cc1cc2c(cc1S(=O)(=O)[C@@H](C)CC(=O)Nc1ccc(F)cc1)OCC(=O)N2. The smallest absolute Gasteiger partial charge is 0.262 e. The number of carbonyl (C=O) groups is 2. The van der Waals surface area contributed by atoms with Gasteiger partial charge in [-0.2, -0.15) is 0 Å². The molecule has 0 fully saturated rings. The average Bonchev–Trinajstić information content (AvgIpc) is 2.62. The fraction of sp³-hybridized carbons (Fsp3) is 0.263. The summed E-state index contributed by atoms with van der Waals surface area (Å²) in [4.78, 5) is 23.6. The zero-order valence-electron chi connectivity index (χ0n) is 15.3. The molecular weight excluding hydrogens is 387 g/mol. The van der Waals surface area contributed by atoms with Crippen LogP contribution in [-0.2, 0) is 19.4 Å². The van der Waals surface area contributed by atoms with Gasteiger partial charge >= 0.3 is 0 Å². The number of rotatable bonds is 5. The van der Waals surface area contributed by atoms with Gasteiger partial charge in [0.15, 0.2) is 16.4 Å². The van der Waals surface area contributed by atoms with E-state index in [0.29, 0.717) is 16.9 Å². The minimum Gasteiger partial charge on any atom is -0.482 e. The quantitative estimate of drug-likeness (QED) is 0.795. The maximum atomic E-state index is 13.0. The highest BCUT2D eigenvalue weighted by Crippen LogP contribution is 2.34. The van der Waals surface area contributed by atoms with Crippen molar-refractivity contribution >= 4 is 33.0 Å². The van der Waals surface area contributed by atoms with E-state index in [4.69, 9.17) is 4.74 Å². The molecule has 2 N–H and O–H groups in total. The van der Waals surface area contributed by atoms with Gasteiger partial charge in [0.05, 0.1) is 15.8 Å². The summed E-state index contributed by atoms with van der Waals surface area (Å²) in [6.07, 6.45) is -0.270. The second-order valence-electron chi connectivity index (χ2n) is 6.57. The van der Waals surface area contributed by atoms with Gasteiger partial charge in [0.2, 0.25) is 5.91 Å². The van der Waals surface area contributed by atoms with Crippen molar-refractivity contribution in [2.75, 3.05) is 17.2 Å². The van der Waals surface area contributed by atoms with Crippen LogP contribution in [0, 0.1) is 12.7 Å². The fourth-order valence-corrected chi connectivity index (χ4v) is 4.44. The van der Waals surface area contributed by atoms with Crippen LogP contribution in [0.2, 0.25) is 0 Å². The van der Waals surface area contributed by atoms with Crippen molar-refractivity contribution in [3.05, 3.63) is 47.8 Å². The number of sulfone groups is 1. The van der Waals surface area contributed by atoms with Gasteiger partial charge in [0.1, 0.15) is 11.6 Å². The molecule has 9 heteroatoms. The Labute approximate surface area is 161 Å². The average molecular weight is 406 g/mol. The van der Waals surface area contributed by atoms with Crippen molar-refractivity contribution in [3.8, 4) is 5.75 Å². The minimum absolute atomic E-state index is 0.0458. The van der Waals surface area contributed by atoms with Gasteiger partial charge in [0, 0.05) is 18.2 Å². The highest BCUT2D eigenvalue weighted by Gasteiger charge is 2.29. The van der Waals surface area contributed by atoms with Gasteiger partial charge < -0.3 is 15.4 Å². The van der Waals surface area contributed by atoms with Crippen molar-refractivity contribution in [1.29, 1.82) is 0 Å². The Morgan fingerprint density at radius 1 is 1.29 bits per heavy atom. The molecule has 0 aliphatic carbocycles. The Hall–Kier alpha value is -2.94. The zero-order valence-corrected chi connectivity index (χ0v) is 16.1. The molecule has 1 aliphatic rings. The Kier molecular flexibility index (Phi) is 5.37. The van der Waals surface area contributed by atoms with Crippen LogP contribution in [0.3, 0.4) is 0 Å². The maximum Gasteiger partial charge on any atom is 0.262 e. The molecule has 3 rings (SSSR count). The highest BCUT2D eigenvalue weighted by molar-refractivity contribution is 7.92. The molecule has 2 aromatic carbocycles. The van der Waals surface area contributed by atoms with E-state index in [9.17, 15) is 22.4 Å². The number of nitrogens with one attached hydrogen (secondary N) is 2. The maximum absolute atomic E-state index is 13.0. The molecule has 0 spiro atoms. The van der Waals surface area contributed by atoms with Gasteiger partial charge in [-0.1, -0.05) is 0 Å². The van der Waals surface area contributed by atoms with E-state index < -0.39 is 26.8 Å². The number of anilines is 2. The molecule has 0 saturated carbocycles. The third-order valence-electron chi connectivity index (χ3n) is 4.35. The van der Waals surface area contributed by atoms with Gasteiger partial charge in [-0.05, 0) is 49.7 Å². The van der Waals surface area contributed by atoms with Crippen LogP contribution >= 0.6 is 0 Å². The van der Waals surface area contributed by atoms with Crippen LogP contribution < -0.4 is 15.4 Å². The standard InChI is InChI=1S/C19H19FN2O5S/c1-11-7-15-16(27-10-19(24)22-15)9-17(11)28(25,26)12(2)8-18(23)21-14-5-3-13(20)4-6-14/h3-7,9,12H,8,10H2,1-2H3,(H,21,23)(H,22,24)/t12-/m0/s1. The monoisotopic (exact) mass is 406 g/mol. The molecule has 1 aliphatic heterocycles. The van der Waals surface area contributed by atoms with Crippen LogP contribution in [0.4, 0.5) is 15.8 Å². The molecule has 0 unspecified atom stereocenters. The molecule has 1 heterocycles. The Bertz CT molecular complexity index is 1040. The summed E-state index contributed by atoms with van der Waals surface area (Å²) < 4.78 is 44.1. The third-order valence-corrected chi connectivity index (χ3v) is 6.63. The first kappa shape index (κ1) is 19.8. The molecule has 7 nitrogen and oxygen atoms in total. The molecule has 0 aromatic heterocycles. The second kappa shape index (κ2) is 7.59. The number of hydrogen-bond donors (Lipinski definition) is 2. The number of hydrogen-bond acceptors (Lipinski definition) is 5. The van der Waals surface area contributed by atoms with E-state index in [1.807, 2.05) is 0 Å². The molecule has 2 amide bonds. The summed E-state index contributed by atoms with van der Waals surface area (Å²) in [5, 5.41) is 4.18. The molecule has 0 bridgehead atoms. The number of benzene rings is 2. The highest BCUT2D eigenvalue weighted by atomic mass is 32.2. The third kappa shape index (κ3) is 4.14.